The van der Waals surface area contributed by atoms with Gasteiger partial charge in [-0.1, -0.05) is 84.9 Å². The SMILES string of the molecule is c1ccc(-c2c3ccccc3c(-c3ccccn3)c3cc(-c4cccc5ccc6cccnc6c45)ccc23)nc1. The van der Waals surface area contributed by atoms with Crippen molar-refractivity contribution in [3.05, 3.63) is 140 Å². The highest BCUT2D eigenvalue weighted by Gasteiger charge is 2.19. The van der Waals surface area contributed by atoms with E-state index in [1.54, 1.807) is 0 Å². The fourth-order valence-corrected chi connectivity index (χ4v) is 6.07. The summed E-state index contributed by atoms with van der Waals surface area (Å²) in [7, 11) is 0. The number of rotatable bonds is 3. The van der Waals surface area contributed by atoms with Crippen molar-refractivity contribution in [2.45, 2.75) is 0 Å². The minimum Gasteiger partial charge on any atom is -0.256 e. The largest absolute Gasteiger partial charge is 0.256 e. The van der Waals surface area contributed by atoms with E-state index < -0.39 is 0 Å². The topological polar surface area (TPSA) is 38.7 Å². The number of benzene rings is 5. The Morgan fingerprint density at radius 1 is 0.400 bits per heavy atom. The third-order valence-electron chi connectivity index (χ3n) is 7.79. The Balaban J connectivity index is 1.53. The van der Waals surface area contributed by atoms with Crippen LogP contribution in [0.1, 0.15) is 0 Å². The van der Waals surface area contributed by atoms with Crippen LogP contribution in [0.4, 0.5) is 0 Å². The van der Waals surface area contributed by atoms with Crippen molar-refractivity contribution < 1.29 is 0 Å². The molecule has 0 amide bonds. The molecule has 8 rings (SSSR count). The number of hydrogen-bond acceptors (Lipinski definition) is 3. The predicted molar refractivity (Wildman–Crippen MR) is 166 cm³/mol. The predicted octanol–water partition coefficient (Wildman–Crippen LogP) is 9.49. The molecule has 0 fully saturated rings. The number of hydrogen-bond donors (Lipinski definition) is 0. The van der Waals surface area contributed by atoms with Crippen molar-refractivity contribution in [3.8, 4) is 33.6 Å². The van der Waals surface area contributed by atoms with E-state index in [0.717, 1.165) is 55.1 Å². The van der Waals surface area contributed by atoms with E-state index in [4.69, 9.17) is 15.0 Å². The van der Waals surface area contributed by atoms with E-state index >= 15 is 0 Å². The lowest BCUT2D eigenvalue weighted by Crippen LogP contribution is -1.94. The third kappa shape index (κ3) is 3.49. The van der Waals surface area contributed by atoms with Gasteiger partial charge >= 0.3 is 0 Å². The van der Waals surface area contributed by atoms with Crippen molar-refractivity contribution in [2.75, 3.05) is 0 Å². The van der Waals surface area contributed by atoms with Crippen LogP contribution in [0.25, 0.3) is 76.9 Å². The average Bonchev–Trinajstić information content (AvgIpc) is 3.03. The molecule has 0 aliphatic rings. The van der Waals surface area contributed by atoms with Crippen molar-refractivity contribution in [2.24, 2.45) is 0 Å². The Hall–Kier alpha value is -5.41. The Kier molecular flexibility index (Phi) is 5.14. The summed E-state index contributed by atoms with van der Waals surface area (Å²) in [5, 5.41) is 8.14. The second-order valence-electron chi connectivity index (χ2n) is 10.0. The minimum atomic E-state index is 0.957. The molecule has 0 aliphatic carbocycles. The van der Waals surface area contributed by atoms with Crippen LogP contribution in [0.2, 0.25) is 0 Å². The zero-order valence-corrected chi connectivity index (χ0v) is 21.6. The zero-order chi connectivity index (χ0) is 26.5. The zero-order valence-electron chi connectivity index (χ0n) is 21.6. The van der Waals surface area contributed by atoms with Gasteiger partial charge in [-0.2, -0.15) is 0 Å². The Bertz CT molecular complexity index is 2200. The Morgan fingerprint density at radius 2 is 1.02 bits per heavy atom. The van der Waals surface area contributed by atoms with E-state index in [9.17, 15) is 0 Å². The number of pyridine rings is 3. The van der Waals surface area contributed by atoms with Gasteiger partial charge in [0.1, 0.15) is 0 Å². The highest BCUT2D eigenvalue weighted by molar-refractivity contribution is 6.22. The molecule has 0 bridgehead atoms. The fraction of sp³-hybridized carbons (Fsp3) is 0. The first-order chi connectivity index (χ1) is 19.9. The summed E-state index contributed by atoms with van der Waals surface area (Å²) in [5.74, 6) is 0. The van der Waals surface area contributed by atoms with E-state index in [0.29, 0.717) is 0 Å². The Labute approximate surface area is 231 Å². The minimum absolute atomic E-state index is 0.957. The molecule has 0 saturated carbocycles. The molecule has 0 radical (unpaired) electrons. The monoisotopic (exact) mass is 509 g/mol. The lowest BCUT2D eigenvalue weighted by Gasteiger charge is -2.18. The molecular weight excluding hydrogens is 486 g/mol. The van der Waals surface area contributed by atoms with Gasteiger partial charge in [0.05, 0.1) is 16.9 Å². The number of nitrogens with zero attached hydrogens (tertiary/aromatic N) is 3. The van der Waals surface area contributed by atoms with Crippen molar-refractivity contribution >= 4 is 43.2 Å². The molecule has 3 nitrogen and oxygen atoms in total. The van der Waals surface area contributed by atoms with Crippen LogP contribution in [0.3, 0.4) is 0 Å². The van der Waals surface area contributed by atoms with Gasteiger partial charge in [0, 0.05) is 40.5 Å². The average molecular weight is 510 g/mol. The molecule has 3 aromatic heterocycles. The molecule has 0 spiro atoms. The second kappa shape index (κ2) is 9.11. The van der Waals surface area contributed by atoms with E-state index in [1.165, 1.54) is 21.7 Å². The fourth-order valence-electron chi connectivity index (χ4n) is 6.07. The highest BCUT2D eigenvalue weighted by Crippen LogP contribution is 2.44. The van der Waals surface area contributed by atoms with Crippen LogP contribution in [0.15, 0.2) is 140 Å². The third-order valence-corrected chi connectivity index (χ3v) is 7.79. The maximum Gasteiger partial charge on any atom is 0.0786 e. The van der Waals surface area contributed by atoms with Gasteiger partial charge in [0.15, 0.2) is 0 Å². The van der Waals surface area contributed by atoms with Crippen LogP contribution < -0.4 is 0 Å². The van der Waals surface area contributed by atoms with Crippen LogP contribution >= 0.6 is 0 Å². The quantitative estimate of drug-likeness (QED) is 0.176. The first kappa shape index (κ1) is 22.6. The van der Waals surface area contributed by atoms with Gasteiger partial charge in [0.25, 0.3) is 0 Å². The molecule has 0 unspecified atom stereocenters. The van der Waals surface area contributed by atoms with Gasteiger partial charge in [-0.25, -0.2) is 0 Å². The van der Waals surface area contributed by atoms with Crippen molar-refractivity contribution in [1.29, 1.82) is 0 Å². The molecule has 5 aromatic carbocycles. The smallest absolute Gasteiger partial charge is 0.0786 e. The Morgan fingerprint density at radius 3 is 1.75 bits per heavy atom. The first-order valence-electron chi connectivity index (χ1n) is 13.4. The summed E-state index contributed by atoms with van der Waals surface area (Å²) in [6, 6.07) is 42.6. The van der Waals surface area contributed by atoms with Gasteiger partial charge in [-0.15, -0.1) is 0 Å². The summed E-state index contributed by atoms with van der Waals surface area (Å²) in [6.45, 7) is 0. The van der Waals surface area contributed by atoms with Crippen LogP contribution in [-0.2, 0) is 0 Å². The van der Waals surface area contributed by atoms with Gasteiger partial charge in [-0.05, 0) is 74.5 Å². The molecule has 0 aliphatic heterocycles. The summed E-state index contributed by atoms with van der Waals surface area (Å²) in [5.41, 5.74) is 7.54. The normalized spacial score (nSPS) is 11.5. The molecule has 3 heterocycles. The van der Waals surface area contributed by atoms with E-state index in [1.807, 2.05) is 36.8 Å². The molecular formula is C37H23N3. The maximum absolute atomic E-state index is 4.82. The first-order valence-corrected chi connectivity index (χ1v) is 13.4. The summed E-state index contributed by atoms with van der Waals surface area (Å²) >= 11 is 0. The van der Waals surface area contributed by atoms with Gasteiger partial charge in [0.2, 0.25) is 0 Å². The second-order valence-corrected chi connectivity index (χ2v) is 10.0. The molecule has 8 aromatic rings. The summed E-state index contributed by atoms with van der Waals surface area (Å²) < 4.78 is 0. The molecule has 186 valence electrons. The molecule has 40 heavy (non-hydrogen) atoms. The molecule has 0 saturated heterocycles. The van der Waals surface area contributed by atoms with Crippen molar-refractivity contribution in [1.82, 2.24) is 15.0 Å². The van der Waals surface area contributed by atoms with Crippen LogP contribution in [0.5, 0.6) is 0 Å². The molecule has 3 heteroatoms. The number of aromatic nitrogens is 3. The van der Waals surface area contributed by atoms with Crippen LogP contribution in [0, 0.1) is 0 Å². The van der Waals surface area contributed by atoms with Crippen LogP contribution in [-0.4, -0.2) is 15.0 Å². The standard InChI is InChI=1S/C37H23N3/c1-2-12-29-28(11-1)35(32-14-3-5-20-38-32)30-19-18-26(23-31(30)36(29)33-15-4-6-21-39-33)27-13-7-9-24-16-17-25-10-8-22-40-37(25)34(24)27/h1-23H. The highest BCUT2D eigenvalue weighted by atomic mass is 14.7. The summed E-state index contributed by atoms with van der Waals surface area (Å²) in [4.78, 5) is 14.4. The maximum atomic E-state index is 4.82. The molecule has 0 atom stereocenters. The van der Waals surface area contributed by atoms with Crippen molar-refractivity contribution in [3.63, 3.8) is 0 Å². The van der Waals surface area contributed by atoms with Gasteiger partial charge in [-0.3, -0.25) is 15.0 Å². The summed E-state index contributed by atoms with van der Waals surface area (Å²) in [6.07, 6.45) is 5.61. The number of fused-ring (bicyclic) bond motifs is 5. The van der Waals surface area contributed by atoms with E-state index in [-0.39, 0.29) is 0 Å². The lowest BCUT2D eigenvalue weighted by molar-refractivity contribution is 1.33. The van der Waals surface area contributed by atoms with E-state index in [2.05, 4.69) is 103 Å². The van der Waals surface area contributed by atoms with Gasteiger partial charge < -0.3 is 0 Å². The molecule has 0 N–H and O–H groups in total. The lowest BCUT2D eigenvalue weighted by atomic mass is 9.86.